The Morgan fingerprint density at radius 2 is 1.94 bits per heavy atom. The standard InChI is InChI=1S/C21H24FN7O3/c1-11(2)24-16-7-18-28(10-17(30)25-15-6-5-13(22)8-23-15)19-14(20(31)29(18)26-16)9-27(12(3)4)21(19)32/h5-8,11-12H,9-10H2,1-4H3,(H,24,26)(H,23,25,30). The van der Waals surface area contributed by atoms with Gasteiger partial charge in [-0.1, -0.05) is 0 Å². The highest BCUT2D eigenvalue weighted by atomic mass is 19.1. The summed E-state index contributed by atoms with van der Waals surface area (Å²) in [6.45, 7) is 7.49. The second kappa shape index (κ2) is 8.06. The van der Waals surface area contributed by atoms with Crippen molar-refractivity contribution in [3.05, 3.63) is 51.8 Å². The van der Waals surface area contributed by atoms with Crippen LogP contribution >= 0.6 is 0 Å². The summed E-state index contributed by atoms with van der Waals surface area (Å²) in [5.74, 6) is -0.680. The number of aromatic nitrogens is 4. The monoisotopic (exact) mass is 441 g/mol. The van der Waals surface area contributed by atoms with E-state index in [1.54, 1.807) is 11.0 Å². The molecule has 0 saturated heterocycles. The van der Waals surface area contributed by atoms with Crippen LogP contribution in [0.3, 0.4) is 0 Å². The molecule has 0 unspecified atom stereocenters. The molecule has 2 N–H and O–H groups in total. The summed E-state index contributed by atoms with van der Waals surface area (Å²) in [4.78, 5) is 44.5. The molecule has 0 aliphatic carbocycles. The highest BCUT2D eigenvalue weighted by molar-refractivity contribution is 5.98. The Kier molecular flexibility index (Phi) is 5.41. The first kappa shape index (κ1) is 21.5. The summed E-state index contributed by atoms with van der Waals surface area (Å²) in [6.07, 6.45) is 0.996. The van der Waals surface area contributed by atoms with Crippen molar-refractivity contribution >= 4 is 29.1 Å². The van der Waals surface area contributed by atoms with Crippen molar-refractivity contribution in [3.63, 3.8) is 0 Å². The quantitative estimate of drug-likeness (QED) is 0.604. The first-order chi connectivity index (χ1) is 15.2. The minimum absolute atomic E-state index is 0.0706. The van der Waals surface area contributed by atoms with Gasteiger partial charge in [-0.05, 0) is 39.8 Å². The van der Waals surface area contributed by atoms with E-state index >= 15 is 0 Å². The van der Waals surface area contributed by atoms with Gasteiger partial charge in [-0.25, -0.2) is 9.37 Å². The fraction of sp³-hybridized carbons (Fsp3) is 0.381. The molecule has 32 heavy (non-hydrogen) atoms. The van der Waals surface area contributed by atoms with Gasteiger partial charge in [0.1, 0.15) is 29.5 Å². The minimum Gasteiger partial charge on any atom is -0.366 e. The van der Waals surface area contributed by atoms with Crippen LogP contribution in [-0.2, 0) is 17.9 Å². The van der Waals surface area contributed by atoms with Crippen LogP contribution in [0.1, 0.15) is 43.7 Å². The molecule has 0 radical (unpaired) electrons. The van der Waals surface area contributed by atoms with E-state index in [2.05, 4.69) is 20.7 Å². The molecular weight excluding hydrogens is 417 g/mol. The fourth-order valence-corrected chi connectivity index (χ4v) is 3.70. The zero-order valence-electron chi connectivity index (χ0n) is 18.2. The molecule has 0 spiro atoms. The van der Waals surface area contributed by atoms with Gasteiger partial charge in [0, 0.05) is 18.2 Å². The Balaban J connectivity index is 1.80. The lowest BCUT2D eigenvalue weighted by Crippen LogP contribution is -2.32. The summed E-state index contributed by atoms with van der Waals surface area (Å²) in [5, 5.41) is 10.1. The first-order valence-corrected chi connectivity index (χ1v) is 10.3. The van der Waals surface area contributed by atoms with Gasteiger partial charge in [0.05, 0.1) is 18.3 Å². The lowest BCUT2D eigenvalue weighted by Gasteiger charge is -2.20. The van der Waals surface area contributed by atoms with Crippen LogP contribution in [0.2, 0.25) is 0 Å². The van der Waals surface area contributed by atoms with E-state index in [1.165, 1.54) is 21.2 Å². The van der Waals surface area contributed by atoms with Crippen LogP contribution < -0.4 is 16.2 Å². The maximum absolute atomic E-state index is 13.2. The van der Waals surface area contributed by atoms with Crippen LogP contribution in [0.25, 0.3) is 5.65 Å². The van der Waals surface area contributed by atoms with Crippen molar-refractivity contribution < 1.29 is 14.0 Å². The largest absolute Gasteiger partial charge is 0.366 e. The van der Waals surface area contributed by atoms with Crippen molar-refractivity contribution in [2.75, 3.05) is 10.6 Å². The van der Waals surface area contributed by atoms with E-state index in [-0.39, 0.29) is 48.2 Å². The van der Waals surface area contributed by atoms with Crippen LogP contribution in [0.5, 0.6) is 0 Å². The molecular formula is C21H24FN7O3. The second-order valence-corrected chi connectivity index (χ2v) is 8.25. The van der Waals surface area contributed by atoms with E-state index in [0.29, 0.717) is 17.0 Å². The van der Waals surface area contributed by atoms with Gasteiger partial charge < -0.3 is 20.1 Å². The zero-order valence-corrected chi connectivity index (χ0v) is 18.2. The molecule has 3 aromatic heterocycles. The van der Waals surface area contributed by atoms with E-state index in [0.717, 1.165) is 6.20 Å². The molecule has 0 saturated carbocycles. The molecule has 0 atom stereocenters. The van der Waals surface area contributed by atoms with Crippen molar-refractivity contribution in [2.45, 2.75) is 52.9 Å². The number of halogens is 1. The highest BCUT2D eigenvalue weighted by Crippen LogP contribution is 2.25. The van der Waals surface area contributed by atoms with Crippen molar-refractivity contribution in [1.82, 2.24) is 24.1 Å². The Labute approximate surface area is 183 Å². The van der Waals surface area contributed by atoms with E-state index in [4.69, 9.17) is 0 Å². The molecule has 4 rings (SSSR count). The number of anilines is 2. The minimum atomic E-state index is -0.522. The van der Waals surface area contributed by atoms with Crippen LogP contribution in [0, 0.1) is 5.82 Å². The number of rotatable bonds is 6. The molecule has 0 bridgehead atoms. The predicted octanol–water partition coefficient (Wildman–Crippen LogP) is 1.85. The Bertz CT molecular complexity index is 1260. The van der Waals surface area contributed by atoms with Gasteiger partial charge in [-0.3, -0.25) is 14.4 Å². The Hall–Kier alpha value is -3.76. The van der Waals surface area contributed by atoms with Crippen molar-refractivity contribution in [1.29, 1.82) is 0 Å². The van der Waals surface area contributed by atoms with Crippen LogP contribution in [0.15, 0.2) is 29.2 Å². The zero-order chi connectivity index (χ0) is 23.2. The number of carbonyl (C=O) groups excluding carboxylic acids is 2. The number of pyridine rings is 1. The molecule has 168 valence electrons. The molecule has 2 amide bonds. The maximum Gasteiger partial charge on any atom is 0.280 e. The van der Waals surface area contributed by atoms with E-state index in [1.807, 2.05) is 27.7 Å². The molecule has 4 heterocycles. The number of nitrogens with one attached hydrogen (secondary N) is 2. The lowest BCUT2D eigenvalue weighted by molar-refractivity contribution is -0.116. The van der Waals surface area contributed by atoms with Gasteiger partial charge in [0.2, 0.25) is 5.91 Å². The van der Waals surface area contributed by atoms with E-state index in [9.17, 15) is 18.8 Å². The molecule has 3 aromatic rings. The lowest BCUT2D eigenvalue weighted by atomic mass is 10.2. The number of hydrogen-bond donors (Lipinski definition) is 2. The highest BCUT2D eigenvalue weighted by Gasteiger charge is 2.36. The third-order valence-corrected chi connectivity index (χ3v) is 5.12. The second-order valence-electron chi connectivity index (χ2n) is 8.25. The summed E-state index contributed by atoms with van der Waals surface area (Å²) < 4.78 is 15.8. The fourth-order valence-electron chi connectivity index (χ4n) is 3.70. The molecule has 11 heteroatoms. The van der Waals surface area contributed by atoms with E-state index < -0.39 is 11.7 Å². The van der Waals surface area contributed by atoms with Gasteiger partial charge in [0.15, 0.2) is 5.82 Å². The number of amides is 2. The maximum atomic E-state index is 13.2. The average Bonchev–Trinajstić information content (AvgIpc) is 3.28. The number of hydrogen-bond acceptors (Lipinski definition) is 6. The van der Waals surface area contributed by atoms with Crippen LogP contribution in [0.4, 0.5) is 16.0 Å². The normalized spacial score (nSPS) is 13.3. The molecule has 0 fully saturated rings. The summed E-state index contributed by atoms with van der Waals surface area (Å²) >= 11 is 0. The Morgan fingerprint density at radius 3 is 2.56 bits per heavy atom. The molecule has 1 aliphatic rings. The van der Waals surface area contributed by atoms with Gasteiger partial charge >= 0.3 is 0 Å². The molecule has 1 aliphatic heterocycles. The predicted molar refractivity (Wildman–Crippen MR) is 116 cm³/mol. The topological polar surface area (TPSA) is 114 Å². The van der Waals surface area contributed by atoms with Gasteiger partial charge in [-0.2, -0.15) is 4.52 Å². The smallest absolute Gasteiger partial charge is 0.280 e. The van der Waals surface area contributed by atoms with Crippen LogP contribution in [-0.4, -0.2) is 48.0 Å². The first-order valence-electron chi connectivity index (χ1n) is 10.3. The SMILES string of the molecule is CC(C)Nc1cc2n(CC(=O)Nc3ccc(F)cn3)c3c(c(=O)n2n1)CN(C(C)C)C3=O. The van der Waals surface area contributed by atoms with Gasteiger partial charge in [-0.15, -0.1) is 5.10 Å². The third kappa shape index (κ3) is 3.81. The summed E-state index contributed by atoms with van der Waals surface area (Å²) in [7, 11) is 0. The number of carbonyl (C=O) groups is 2. The average molecular weight is 441 g/mol. The molecule has 10 nitrogen and oxygen atoms in total. The number of nitrogens with zero attached hydrogens (tertiary/aromatic N) is 5. The third-order valence-electron chi connectivity index (χ3n) is 5.12. The Morgan fingerprint density at radius 1 is 1.19 bits per heavy atom. The summed E-state index contributed by atoms with van der Waals surface area (Å²) in [5.41, 5.74) is 0.399. The number of fused-ring (bicyclic) bond motifs is 2. The van der Waals surface area contributed by atoms with Crippen molar-refractivity contribution in [3.8, 4) is 0 Å². The summed E-state index contributed by atoms with van der Waals surface area (Å²) in [6, 6.07) is 4.11. The molecule has 0 aromatic carbocycles. The van der Waals surface area contributed by atoms with Gasteiger partial charge in [0.25, 0.3) is 11.5 Å². The van der Waals surface area contributed by atoms with Crippen molar-refractivity contribution in [2.24, 2.45) is 0 Å².